The Kier molecular flexibility index (Phi) is 2.84. The second-order valence-electron chi connectivity index (χ2n) is 3.80. The van der Waals surface area contributed by atoms with Crippen LogP contribution < -0.4 is 5.73 Å². The summed E-state index contributed by atoms with van der Waals surface area (Å²) in [7, 11) is 0. The van der Waals surface area contributed by atoms with Crippen molar-refractivity contribution in [2.45, 2.75) is 19.9 Å². The molecule has 1 atom stereocenters. The number of rotatable bonds is 2. The van der Waals surface area contributed by atoms with Crippen LogP contribution in [0.2, 0.25) is 0 Å². The van der Waals surface area contributed by atoms with Crippen molar-refractivity contribution in [2.75, 3.05) is 0 Å². The number of thiazole rings is 1. The maximum Gasteiger partial charge on any atom is 0.0794 e. The molecule has 3 heteroatoms. The minimum absolute atomic E-state index is 0.0453. The molecule has 2 N–H and O–H groups in total. The van der Waals surface area contributed by atoms with Crippen molar-refractivity contribution >= 4 is 11.3 Å². The Hall–Kier alpha value is -1.19. The molecule has 1 aromatic heterocycles. The van der Waals surface area contributed by atoms with Gasteiger partial charge in [-0.2, -0.15) is 0 Å². The Morgan fingerprint density at radius 3 is 2.40 bits per heavy atom. The van der Waals surface area contributed by atoms with Gasteiger partial charge in [0.2, 0.25) is 0 Å². The standard InChI is InChI=1S/C12H14N2S/c1-8-3-9(2)5-10(4-8)12(13)11-6-14-7-15-11/h3-7,12H,13H2,1-2H3. The van der Waals surface area contributed by atoms with Gasteiger partial charge in [-0.05, 0) is 19.4 Å². The number of nitrogens with zero attached hydrogens (tertiary/aromatic N) is 1. The van der Waals surface area contributed by atoms with Crippen LogP contribution in [0.4, 0.5) is 0 Å². The van der Waals surface area contributed by atoms with Crippen LogP contribution in [0.25, 0.3) is 0 Å². The highest BCUT2D eigenvalue weighted by molar-refractivity contribution is 7.09. The maximum absolute atomic E-state index is 6.17. The minimum Gasteiger partial charge on any atom is -0.320 e. The van der Waals surface area contributed by atoms with Crippen molar-refractivity contribution in [3.63, 3.8) is 0 Å². The summed E-state index contributed by atoms with van der Waals surface area (Å²) in [6.45, 7) is 4.19. The summed E-state index contributed by atoms with van der Waals surface area (Å²) >= 11 is 1.60. The van der Waals surface area contributed by atoms with Crippen molar-refractivity contribution in [3.05, 3.63) is 51.5 Å². The number of aromatic nitrogens is 1. The van der Waals surface area contributed by atoms with Gasteiger partial charge in [-0.3, -0.25) is 4.98 Å². The largest absolute Gasteiger partial charge is 0.320 e. The fraction of sp³-hybridized carbons (Fsp3) is 0.250. The van der Waals surface area contributed by atoms with E-state index in [1.807, 2.05) is 11.7 Å². The first-order valence-electron chi connectivity index (χ1n) is 4.89. The molecular formula is C12H14N2S. The maximum atomic E-state index is 6.17. The molecule has 0 aliphatic carbocycles. The zero-order valence-electron chi connectivity index (χ0n) is 8.90. The molecule has 0 radical (unpaired) electrons. The highest BCUT2D eigenvalue weighted by Gasteiger charge is 2.10. The second kappa shape index (κ2) is 4.13. The van der Waals surface area contributed by atoms with Crippen molar-refractivity contribution in [1.29, 1.82) is 0 Å². The molecule has 0 aliphatic heterocycles. The smallest absolute Gasteiger partial charge is 0.0794 e. The van der Waals surface area contributed by atoms with Crippen molar-refractivity contribution in [2.24, 2.45) is 5.73 Å². The Bertz CT molecular complexity index is 428. The third kappa shape index (κ3) is 2.25. The van der Waals surface area contributed by atoms with Crippen LogP contribution in [0.5, 0.6) is 0 Å². The fourth-order valence-electron chi connectivity index (χ4n) is 1.73. The van der Waals surface area contributed by atoms with Gasteiger partial charge >= 0.3 is 0 Å². The minimum atomic E-state index is -0.0453. The molecule has 1 heterocycles. The van der Waals surface area contributed by atoms with Gasteiger partial charge in [0.1, 0.15) is 0 Å². The number of hydrogen-bond acceptors (Lipinski definition) is 3. The lowest BCUT2D eigenvalue weighted by molar-refractivity contribution is 0.885. The van der Waals surface area contributed by atoms with E-state index in [0.717, 1.165) is 10.4 Å². The van der Waals surface area contributed by atoms with E-state index < -0.39 is 0 Å². The predicted molar refractivity (Wildman–Crippen MR) is 64.1 cm³/mol. The average Bonchev–Trinajstić information content (AvgIpc) is 2.67. The molecule has 0 aliphatic rings. The highest BCUT2D eigenvalue weighted by Crippen LogP contribution is 2.24. The second-order valence-corrected chi connectivity index (χ2v) is 4.72. The Morgan fingerprint density at radius 1 is 1.20 bits per heavy atom. The number of benzene rings is 1. The first-order valence-corrected chi connectivity index (χ1v) is 5.77. The first-order chi connectivity index (χ1) is 7.16. The normalized spacial score (nSPS) is 12.7. The Labute approximate surface area is 93.8 Å². The molecule has 1 unspecified atom stereocenters. The summed E-state index contributed by atoms with van der Waals surface area (Å²) in [6.07, 6.45) is 1.84. The number of hydrogen-bond donors (Lipinski definition) is 1. The molecule has 2 rings (SSSR count). The van der Waals surface area contributed by atoms with Crippen molar-refractivity contribution in [3.8, 4) is 0 Å². The first kappa shape index (κ1) is 10.3. The van der Waals surface area contributed by atoms with Gasteiger partial charge in [-0.1, -0.05) is 29.3 Å². The monoisotopic (exact) mass is 218 g/mol. The summed E-state index contributed by atoms with van der Waals surface area (Å²) in [5, 5.41) is 0. The zero-order chi connectivity index (χ0) is 10.8. The Morgan fingerprint density at radius 2 is 1.87 bits per heavy atom. The number of aryl methyl sites for hydroxylation is 2. The average molecular weight is 218 g/mol. The third-order valence-electron chi connectivity index (χ3n) is 2.36. The summed E-state index contributed by atoms with van der Waals surface area (Å²) in [5.74, 6) is 0. The van der Waals surface area contributed by atoms with Crippen LogP contribution in [-0.2, 0) is 0 Å². The van der Waals surface area contributed by atoms with Gasteiger partial charge in [-0.25, -0.2) is 0 Å². The molecule has 2 nitrogen and oxygen atoms in total. The molecule has 0 amide bonds. The van der Waals surface area contributed by atoms with Crippen LogP contribution in [0, 0.1) is 13.8 Å². The molecule has 1 aromatic carbocycles. The van der Waals surface area contributed by atoms with E-state index >= 15 is 0 Å². The van der Waals surface area contributed by atoms with E-state index in [1.165, 1.54) is 11.1 Å². The summed E-state index contributed by atoms with van der Waals surface area (Å²) in [4.78, 5) is 5.16. The Balaban J connectivity index is 2.37. The summed E-state index contributed by atoms with van der Waals surface area (Å²) in [6, 6.07) is 6.38. The van der Waals surface area contributed by atoms with Gasteiger partial charge < -0.3 is 5.73 Å². The van der Waals surface area contributed by atoms with Crippen LogP contribution in [0.15, 0.2) is 29.9 Å². The van der Waals surface area contributed by atoms with Gasteiger partial charge in [0.15, 0.2) is 0 Å². The van der Waals surface area contributed by atoms with Crippen molar-refractivity contribution < 1.29 is 0 Å². The molecule has 78 valence electrons. The SMILES string of the molecule is Cc1cc(C)cc(C(N)c2cncs2)c1. The van der Waals surface area contributed by atoms with Gasteiger partial charge in [0.25, 0.3) is 0 Å². The predicted octanol–water partition coefficient (Wildman–Crippen LogP) is 2.81. The van der Waals surface area contributed by atoms with Crippen LogP contribution >= 0.6 is 11.3 Å². The van der Waals surface area contributed by atoms with Gasteiger partial charge in [0, 0.05) is 11.1 Å². The molecule has 15 heavy (non-hydrogen) atoms. The topological polar surface area (TPSA) is 38.9 Å². The highest BCUT2D eigenvalue weighted by atomic mass is 32.1. The van der Waals surface area contributed by atoms with E-state index in [1.54, 1.807) is 11.3 Å². The molecule has 0 fully saturated rings. The molecule has 2 aromatic rings. The summed E-state index contributed by atoms with van der Waals surface area (Å²) < 4.78 is 0. The number of nitrogens with two attached hydrogens (primary N) is 1. The lowest BCUT2D eigenvalue weighted by Crippen LogP contribution is -2.10. The molecule has 0 bridgehead atoms. The molecule has 0 saturated heterocycles. The molecule has 0 spiro atoms. The molecular weight excluding hydrogens is 204 g/mol. The van der Waals surface area contributed by atoms with E-state index in [9.17, 15) is 0 Å². The quantitative estimate of drug-likeness (QED) is 0.841. The van der Waals surface area contributed by atoms with Crippen molar-refractivity contribution in [1.82, 2.24) is 4.98 Å². The van der Waals surface area contributed by atoms with E-state index in [0.29, 0.717) is 0 Å². The van der Waals surface area contributed by atoms with E-state index in [4.69, 9.17) is 5.73 Å². The van der Waals surface area contributed by atoms with Crippen LogP contribution in [0.1, 0.15) is 27.6 Å². The third-order valence-corrected chi connectivity index (χ3v) is 3.22. The lowest BCUT2D eigenvalue weighted by Gasteiger charge is -2.11. The van der Waals surface area contributed by atoms with Gasteiger partial charge in [-0.15, -0.1) is 11.3 Å². The van der Waals surface area contributed by atoms with E-state index in [2.05, 4.69) is 37.0 Å². The zero-order valence-corrected chi connectivity index (χ0v) is 9.71. The van der Waals surface area contributed by atoms with Crippen LogP contribution in [0.3, 0.4) is 0 Å². The summed E-state index contributed by atoms with van der Waals surface area (Å²) in [5.41, 5.74) is 11.7. The fourth-order valence-corrected chi connectivity index (χ4v) is 2.38. The van der Waals surface area contributed by atoms with Gasteiger partial charge in [0.05, 0.1) is 11.6 Å². The van der Waals surface area contributed by atoms with E-state index in [-0.39, 0.29) is 6.04 Å². The lowest BCUT2D eigenvalue weighted by atomic mass is 10.0. The molecule has 0 saturated carbocycles. The van der Waals surface area contributed by atoms with Crippen LogP contribution in [-0.4, -0.2) is 4.98 Å².